The molecule has 0 bridgehead atoms. The summed E-state index contributed by atoms with van der Waals surface area (Å²) in [7, 11) is 1.60. The number of halogens is 2. The fourth-order valence-corrected chi connectivity index (χ4v) is 1.88. The van der Waals surface area contributed by atoms with Gasteiger partial charge in [-0.3, -0.25) is 0 Å². The Labute approximate surface area is 127 Å². The van der Waals surface area contributed by atoms with E-state index < -0.39 is 5.82 Å². The van der Waals surface area contributed by atoms with Crippen molar-refractivity contribution in [2.75, 3.05) is 12.4 Å². The summed E-state index contributed by atoms with van der Waals surface area (Å²) < 4.78 is 18.1. The maximum atomic E-state index is 13.0. The molecule has 0 atom stereocenters. The molecule has 0 unspecified atom stereocenters. The molecule has 2 aromatic rings. The van der Waals surface area contributed by atoms with Gasteiger partial charge in [-0.15, -0.1) is 0 Å². The van der Waals surface area contributed by atoms with Gasteiger partial charge in [0.1, 0.15) is 11.6 Å². The third-order valence-electron chi connectivity index (χ3n) is 2.78. The first kappa shape index (κ1) is 15.1. The number of benzene rings is 2. The molecule has 0 aliphatic rings. The van der Waals surface area contributed by atoms with Crippen LogP contribution in [0.25, 0.3) is 0 Å². The van der Waals surface area contributed by atoms with E-state index in [-0.39, 0.29) is 11.0 Å². The zero-order valence-corrected chi connectivity index (χ0v) is 12.2. The molecule has 4 nitrogen and oxygen atoms in total. The highest BCUT2D eigenvalue weighted by atomic mass is 35.5. The smallest absolute Gasteiger partial charge is 0.193 e. The minimum Gasteiger partial charge on any atom is -0.497 e. The lowest BCUT2D eigenvalue weighted by molar-refractivity contribution is 0.415. The summed E-state index contributed by atoms with van der Waals surface area (Å²) in [5.74, 6) is 0.575. The average Bonchev–Trinajstić information content (AvgIpc) is 2.49. The summed E-state index contributed by atoms with van der Waals surface area (Å²) in [4.78, 5) is 4.17. The van der Waals surface area contributed by atoms with Crippen LogP contribution < -0.4 is 15.8 Å². The van der Waals surface area contributed by atoms with Crippen LogP contribution in [0, 0.1) is 5.82 Å². The minimum absolute atomic E-state index is 0.0735. The van der Waals surface area contributed by atoms with Crippen molar-refractivity contribution in [2.45, 2.75) is 6.54 Å². The van der Waals surface area contributed by atoms with Gasteiger partial charge >= 0.3 is 0 Å². The lowest BCUT2D eigenvalue weighted by Crippen LogP contribution is -2.22. The Balaban J connectivity index is 1.98. The number of aliphatic imine (C=N–C) groups is 1. The number of nitrogens with one attached hydrogen (secondary N) is 1. The maximum absolute atomic E-state index is 13.0. The van der Waals surface area contributed by atoms with Crippen LogP contribution in [0.15, 0.2) is 47.5 Å². The van der Waals surface area contributed by atoms with Gasteiger partial charge in [-0.25, -0.2) is 9.38 Å². The van der Waals surface area contributed by atoms with E-state index in [1.165, 1.54) is 12.1 Å². The fourth-order valence-electron chi connectivity index (χ4n) is 1.68. The first-order valence-electron chi connectivity index (χ1n) is 6.23. The summed E-state index contributed by atoms with van der Waals surface area (Å²) in [6, 6.07) is 11.7. The highest BCUT2D eigenvalue weighted by Gasteiger charge is 2.01. The predicted octanol–water partition coefficient (Wildman–Crippen LogP) is 3.41. The highest BCUT2D eigenvalue weighted by Crippen LogP contribution is 2.17. The summed E-state index contributed by atoms with van der Waals surface area (Å²) in [6.45, 7) is 0.314. The van der Waals surface area contributed by atoms with Crippen molar-refractivity contribution in [2.24, 2.45) is 10.7 Å². The number of methoxy groups -OCH3 is 1. The molecule has 6 heteroatoms. The second-order valence-electron chi connectivity index (χ2n) is 4.30. The van der Waals surface area contributed by atoms with Gasteiger partial charge < -0.3 is 15.8 Å². The number of anilines is 1. The number of rotatable bonds is 4. The molecule has 2 rings (SSSR count). The third-order valence-corrected chi connectivity index (χ3v) is 3.07. The first-order chi connectivity index (χ1) is 10.1. The lowest BCUT2D eigenvalue weighted by atomic mass is 10.2. The number of nitrogens with two attached hydrogens (primary N) is 1. The normalized spacial score (nSPS) is 11.3. The Morgan fingerprint density at radius 2 is 2.00 bits per heavy atom. The molecule has 0 saturated heterocycles. The van der Waals surface area contributed by atoms with Crippen molar-refractivity contribution in [1.82, 2.24) is 0 Å². The van der Waals surface area contributed by atoms with Crippen molar-refractivity contribution in [3.63, 3.8) is 0 Å². The molecule has 110 valence electrons. The quantitative estimate of drug-likeness (QED) is 0.672. The zero-order valence-electron chi connectivity index (χ0n) is 11.4. The molecule has 0 heterocycles. The predicted molar refractivity (Wildman–Crippen MR) is 83.4 cm³/mol. The summed E-state index contributed by atoms with van der Waals surface area (Å²) >= 11 is 5.71. The minimum atomic E-state index is -0.450. The Morgan fingerprint density at radius 1 is 1.29 bits per heavy atom. The molecule has 2 aromatic carbocycles. The van der Waals surface area contributed by atoms with Crippen molar-refractivity contribution in [3.8, 4) is 5.75 Å². The number of ether oxygens (including phenoxy) is 1. The van der Waals surface area contributed by atoms with Crippen LogP contribution in [-0.4, -0.2) is 13.1 Å². The van der Waals surface area contributed by atoms with E-state index in [9.17, 15) is 4.39 Å². The van der Waals surface area contributed by atoms with Gasteiger partial charge in [0.15, 0.2) is 5.96 Å². The van der Waals surface area contributed by atoms with Gasteiger partial charge in [-0.1, -0.05) is 17.7 Å². The SMILES string of the molecule is COc1ccc(NC(N)=NCc2ccc(F)c(Cl)c2)cc1. The number of hydrogen-bond acceptors (Lipinski definition) is 2. The Kier molecular flexibility index (Phi) is 5.00. The Bertz CT molecular complexity index is 644. The second kappa shape index (κ2) is 6.95. The number of guanidine groups is 1. The van der Waals surface area contributed by atoms with E-state index in [1.54, 1.807) is 13.2 Å². The summed E-state index contributed by atoms with van der Waals surface area (Å²) in [5.41, 5.74) is 7.37. The number of nitrogens with zero attached hydrogens (tertiary/aromatic N) is 1. The van der Waals surface area contributed by atoms with Gasteiger partial charge in [-0.05, 0) is 42.0 Å². The zero-order chi connectivity index (χ0) is 15.2. The molecular formula is C15H15ClFN3O. The lowest BCUT2D eigenvalue weighted by Gasteiger charge is -2.07. The van der Waals surface area contributed by atoms with Crippen LogP contribution >= 0.6 is 11.6 Å². The molecule has 0 saturated carbocycles. The van der Waals surface area contributed by atoms with Crippen LogP contribution in [0.5, 0.6) is 5.75 Å². The topological polar surface area (TPSA) is 59.6 Å². The standard InChI is InChI=1S/C15H15ClFN3O/c1-21-12-5-3-11(4-6-12)20-15(18)19-9-10-2-7-14(17)13(16)8-10/h2-8H,9H2,1H3,(H3,18,19,20). The highest BCUT2D eigenvalue weighted by molar-refractivity contribution is 6.30. The first-order valence-corrected chi connectivity index (χ1v) is 6.61. The van der Waals surface area contributed by atoms with E-state index in [0.29, 0.717) is 6.54 Å². The molecule has 0 aliphatic heterocycles. The largest absolute Gasteiger partial charge is 0.497 e. The van der Waals surface area contributed by atoms with Crippen LogP contribution in [0.3, 0.4) is 0 Å². The van der Waals surface area contributed by atoms with E-state index in [1.807, 2.05) is 24.3 Å². The van der Waals surface area contributed by atoms with Crippen LogP contribution in [0.1, 0.15) is 5.56 Å². The fraction of sp³-hybridized carbons (Fsp3) is 0.133. The average molecular weight is 308 g/mol. The number of hydrogen-bond donors (Lipinski definition) is 2. The van der Waals surface area contributed by atoms with Gasteiger partial charge in [-0.2, -0.15) is 0 Å². The molecule has 0 radical (unpaired) electrons. The summed E-state index contributed by atoms with van der Waals surface area (Å²) in [5, 5.41) is 3.03. The maximum Gasteiger partial charge on any atom is 0.193 e. The van der Waals surface area contributed by atoms with Crippen molar-refractivity contribution in [1.29, 1.82) is 0 Å². The molecule has 0 amide bonds. The third kappa shape index (κ3) is 4.36. The monoisotopic (exact) mass is 307 g/mol. The molecule has 0 aliphatic carbocycles. The molecule has 3 N–H and O–H groups in total. The molecular weight excluding hydrogens is 293 g/mol. The van der Waals surface area contributed by atoms with Crippen LogP contribution in [-0.2, 0) is 6.54 Å². The molecule has 0 fully saturated rings. The van der Waals surface area contributed by atoms with Crippen molar-refractivity contribution in [3.05, 3.63) is 58.9 Å². The molecule has 21 heavy (non-hydrogen) atoms. The van der Waals surface area contributed by atoms with E-state index in [4.69, 9.17) is 22.1 Å². The van der Waals surface area contributed by atoms with E-state index >= 15 is 0 Å². The van der Waals surface area contributed by atoms with E-state index in [2.05, 4.69) is 10.3 Å². The van der Waals surface area contributed by atoms with Crippen LogP contribution in [0.4, 0.5) is 10.1 Å². The summed E-state index contributed by atoms with van der Waals surface area (Å²) in [6.07, 6.45) is 0. The Morgan fingerprint density at radius 3 is 2.62 bits per heavy atom. The molecule has 0 aromatic heterocycles. The van der Waals surface area contributed by atoms with Gasteiger partial charge in [0.25, 0.3) is 0 Å². The van der Waals surface area contributed by atoms with Crippen LogP contribution in [0.2, 0.25) is 5.02 Å². The Hall–Kier alpha value is -2.27. The van der Waals surface area contributed by atoms with Crippen molar-refractivity contribution < 1.29 is 9.13 Å². The van der Waals surface area contributed by atoms with Gasteiger partial charge in [0.2, 0.25) is 0 Å². The van der Waals surface area contributed by atoms with Gasteiger partial charge in [0.05, 0.1) is 18.7 Å². The van der Waals surface area contributed by atoms with Crippen molar-refractivity contribution >= 4 is 23.2 Å². The van der Waals surface area contributed by atoms with Gasteiger partial charge in [0, 0.05) is 5.69 Å². The van der Waals surface area contributed by atoms with E-state index in [0.717, 1.165) is 17.0 Å². The second-order valence-corrected chi connectivity index (χ2v) is 4.71. The molecule has 0 spiro atoms.